The Hall–Kier alpha value is -3.30. The molecular weight excluding hydrogens is 439 g/mol. The quantitative estimate of drug-likeness (QED) is 0.427. The monoisotopic (exact) mass is 465 g/mol. The van der Waals surface area contributed by atoms with Crippen molar-refractivity contribution in [3.05, 3.63) is 57.6 Å². The molecule has 7 nitrogen and oxygen atoms in total. The second kappa shape index (κ2) is 10.1. The van der Waals surface area contributed by atoms with Crippen LogP contribution in [0.15, 0.2) is 36.4 Å². The van der Waals surface area contributed by atoms with E-state index < -0.39 is 22.4 Å². The summed E-state index contributed by atoms with van der Waals surface area (Å²) in [6, 6.07) is 7.98. The first-order chi connectivity index (χ1) is 15.6. The van der Waals surface area contributed by atoms with E-state index >= 15 is 0 Å². The Balaban J connectivity index is 1.64. The Morgan fingerprint density at radius 3 is 2.48 bits per heavy atom. The van der Waals surface area contributed by atoms with E-state index in [1.807, 2.05) is 19.9 Å². The molecule has 1 saturated heterocycles. The van der Waals surface area contributed by atoms with Crippen LogP contribution in [0.4, 0.5) is 30.2 Å². The van der Waals surface area contributed by atoms with E-state index in [1.54, 1.807) is 17.0 Å². The molecule has 2 aromatic carbocycles. The Bertz CT molecular complexity index is 1020. The first-order valence-corrected chi connectivity index (χ1v) is 10.7. The summed E-state index contributed by atoms with van der Waals surface area (Å²) in [6.07, 6.45) is -2.90. The molecule has 0 unspecified atom stereocenters. The van der Waals surface area contributed by atoms with E-state index in [-0.39, 0.29) is 17.5 Å². The second-order valence-electron chi connectivity index (χ2n) is 8.03. The number of ether oxygens (including phenoxy) is 1. The minimum atomic E-state index is -4.66. The van der Waals surface area contributed by atoms with Gasteiger partial charge in [0, 0.05) is 30.8 Å². The van der Waals surface area contributed by atoms with Crippen LogP contribution in [0, 0.1) is 23.0 Å². The molecule has 1 aliphatic rings. The van der Waals surface area contributed by atoms with Crippen molar-refractivity contribution >= 4 is 23.0 Å². The summed E-state index contributed by atoms with van der Waals surface area (Å²) in [5.74, 6) is 0.283. The van der Waals surface area contributed by atoms with Gasteiger partial charge in [-0.15, -0.1) is 0 Å². The van der Waals surface area contributed by atoms with Crippen molar-refractivity contribution in [2.75, 3.05) is 29.9 Å². The van der Waals surface area contributed by atoms with Gasteiger partial charge in [-0.3, -0.25) is 14.9 Å². The molecule has 33 heavy (non-hydrogen) atoms. The molecule has 2 aromatic rings. The number of benzene rings is 2. The number of alkyl halides is 3. The maximum Gasteiger partial charge on any atom is 0.416 e. The van der Waals surface area contributed by atoms with E-state index in [4.69, 9.17) is 4.74 Å². The van der Waals surface area contributed by atoms with Crippen molar-refractivity contribution in [2.24, 2.45) is 5.92 Å². The van der Waals surface area contributed by atoms with E-state index in [9.17, 15) is 28.1 Å². The number of hydrogen-bond acceptors (Lipinski definition) is 5. The summed E-state index contributed by atoms with van der Waals surface area (Å²) < 4.78 is 44.4. The van der Waals surface area contributed by atoms with Gasteiger partial charge in [0.05, 0.1) is 17.1 Å². The number of nitro groups is 1. The largest absolute Gasteiger partial charge is 0.494 e. The molecule has 0 radical (unpaired) electrons. The highest BCUT2D eigenvalue weighted by Crippen LogP contribution is 2.38. The summed E-state index contributed by atoms with van der Waals surface area (Å²) >= 11 is 0. The van der Waals surface area contributed by atoms with Crippen LogP contribution in [0.25, 0.3) is 0 Å². The molecule has 0 aromatic heterocycles. The van der Waals surface area contributed by atoms with Gasteiger partial charge in [-0.2, -0.15) is 13.2 Å². The Kier molecular flexibility index (Phi) is 7.45. The first kappa shape index (κ1) is 24.3. The van der Waals surface area contributed by atoms with Gasteiger partial charge < -0.3 is 15.0 Å². The lowest BCUT2D eigenvalue weighted by atomic mass is 9.95. The lowest BCUT2D eigenvalue weighted by Crippen LogP contribution is -2.38. The first-order valence-electron chi connectivity index (χ1n) is 10.7. The summed E-state index contributed by atoms with van der Waals surface area (Å²) in [5, 5.41) is 14.3. The molecule has 1 fully saturated rings. The van der Waals surface area contributed by atoms with E-state index in [2.05, 4.69) is 5.32 Å². The third-order valence-electron chi connectivity index (χ3n) is 5.63. The summed E-state index contributed by atoms with van der Waals surface area (Å²) in [4.78, 5) is 25.0. The zero-order valence-electron chi connectivity index (χ0n) is 18.4. The normalized spacial score (nSPS) is 14.8. The number of anilines is 2. The fraction of sp³-hybridized carbons (Fsp3) is 0.435. The molecule has 178 valence electrons. The van der Waals surface area contributed by atoms with Crippen LogP contribution >= 0.6 is 0 Å². The van der Waals surface area contributed by atoms with Gasteiger partial charge in [-0.1, -0.05) is 6.92 Å². The van der Waals surface area contributed by atoms with Crippen molar-refractivity contribution in [3.63, 3.8) is 0 Å². The number of carbonyl (C=O) groups excluding carboxylic acids is 1. The standard InChI is InChI=1S/C23H26F3N3O4/c1-3-12-33-18-5-6-19(15(2)13-18)27-22(30)16-8-10-28(11-9-16)20-7-4-17(23(24,25)26)14-21(20)29(31)32/h4-7,13-14,16H,3,8-12H2,1-2H3,(H,27,30). The zero-order chi connectivity index (χ0) is 24.2. The number of halogens is 3. The van der Waals surface area contributed by atoms with Crippen molar-refractivity contribution < 1.29 is 27.6 Å². The molecule has 0 bridgehead atoms. The summed E-state index contributed by atoms with van der Waals surface area (Å²) in [7, 11) is 0. The number of amides is 1. The van der Waals surface area contributed by atoms with Crippen LogP contribution in [-0.4, -0.2) is 30.5 Å². The van der Waals surface area contributed by atoms with Crippen molar-refractivity contribution in [3.8, 4) is 5.75 Å². The highest BCUT2D eigenvalue weighted by molar-refractivity contribution is 5.93. The maximum atomic E-state index is 12.9. The fourth-order valence-corrected chi connectivity index (χ4v) is 3.82. The predicted octanol–water partition coefficient (Wildman–Crippen LogP) is 5.57. The predicted molar refractivity (Wildman–Crippen MR) is 119 cm³/mol. The zero-order valence-corrected chi connectivity index (χ0v) is 18.4. The lowest BCUT2D eigenvalue weighted by Gasteiger charge is -2.32. The van der Waals surface area contributed by atoms with Gasteiger partial charge in [-0.05, 0) is 62.1 Å². The Morgan fingerprint density at radius 2 is 1.91 bits per heavy atom. The average molecular weight is 465 g/mol. The van der Waals surface area contributed by atoms with Crippen LogP contribution in [0.3, 0.4) is 0 Å². The van der Waals surface area contributed by atoms with E-state index in [0.29, 0.717) is 44.3 Å². The molecule has 1 aliphatic heterocycles. The summed E-state index contributed by atoms with van der Waals surface area (Å²) in [6.45, 7) is 5.16. The second-order valence-corrected chi connectivity index (χ2v) is 8.03. The molecular formula is C23H26F3N3O4. The number of carbonyl (C=O) groups is 1. The van der Waals surface area contributed by atoms with Gasteiger partial charge in [-0.25, -0.2) is 0 Å². The molecule has 10 heteroatoms. The highest BCUT2D eigenvalue weighted by atomic mass is 19.4. The highest BCUT2D eigenvalue weighted by Gasteiger charge is 2.35. The minimum Gasteiger partial charge on any atom is -0.494 e. The fourth-order valence-electron chi connectivity index (χ4n) is 3.82. The van der Waals surface area contributed by atoms with Crippen LogP contribution in [0.5, 0.6) is 5.75 Å². The molecule has 0 spiro atoms. The molecule has 1 amide bonds. The molecule has 0 saturated carbocycles. The van der Waals surface area contributed by atoms with Gasteiger partial charge in [0.2, 0.25) is 5.91 Å². The van der Waals surface area contributed by atoms with Crippen molar-refractivity contribution in [1.82, 2.24) is 0 Å². The summed E-state index contributed by atoms with van der Waals surface area (Å²) in [5.41, 5.74) is 0.0345. The van der Waals surface area contributed by atoms with Gasteiger partial charge in [0.1, 0.15) is 11.4 Å². The molecule has 1 heterocycles. The lowest BCUT2D eigenvalue weighted by molar-refractivity contribution is -0.384. The number of piperidine rings is 1. The number of hydrogen-bond donors (Lipinski definition) is 1. The molecule has 0 atom stereocenters. The number of rotatable bonds is 7. The van der Waals surface area contributed by atoms with Crippen molar-refractivity contribution in [2.45, 2.75) is 39.3 Å². The van der Waals surface area contributed by atoms with E-state index in [0.717, 1.165) is 29.9 Å². The molecule has 1 N–H and O–H groups in total. The maximum absolute atomic E-state index is 12.9. The minimum absolute atomic E-state index is 0.130. The van der Waals surface area contributed by atoms with Crippen LogP contribution < -0.4 is 15.0 Å². The smallest absolute Gasteiger partial charge is 0.416 e. The molecule has 0 aliphatic carbocycles. The average Bonchev–Trinajstić information content (AvgIpc) is 2.78. The third-order valence-corrected chi connectivity index (χ3v) is 5.63. The topological polar surface area (TPSA) is 84.7 Å². The van der Waals surface area contributed by atoms with Crippen LogP contribution in [-0.2, 0) is 11.0 Å². The van der Waals surface area contributed by atoms with E-state index in [1.165, 1.54) is 0 Å². The number of aryl methyl sites for hydroxylation is 1. The van der Waals surface area contributed by atoms with Gasteiger partial charge in [0.15, 0.2) is 0 Å². The van der Waals surface area contributed by atoms with Crippen LogP contribution in [0.1, 0.15) is 37.3 Å². The third kappa shape index (κ3) is 5.94. The van der Waals surface area contributed by atoms with Gasteiger partial charge in [0.25, 0.3) is 5.69 Å². The molecule has 3 rings (SSSR count). The van der Waals surface area contributed by atoms with Crippen LogP contribution in [0.2, 0.25) is 0 Å². The SMILES string of the molecule is CCCOc1ccc(NC(=O)C2CCN(c3ccc(C(F)(F)F)cc3[N+](=O)[O-])CC2)c(C)c1. The van der Waals surface area contributed by atoms with Crippen molar-refractivity contribution in [1.29, 1.82) is 0 Å². The van der Waals surface area contributed by atoms with Gasteiger partial charge >= 0.3 is 6.18 Å². The number of nitrogens with zero attached hydrogens (tertiary/aromatic N) is 2. The number of nitro benzene ring substituents is 1. The number of nitrogens with one attached hydrogen (secondary N) is 1. The Morgan fingerprint density at radius 1 is 1.21 bits per heavy atom. The Labute approximate surface area is 189 Å².